The number of fused-ring (bicyclic) bond motifs is 7. The van der Waals surface area contributed by atoms with E-state index in [4.69, 9.17) is 5.41 Å². The van der Waals surface area contributed by atoms with E-state index >= 15 is 0 Å². The van der Waals surface area contributed by atoms with Crippen molar-refractivity contribution in [2.24, 2.45) is 0 Å². The molecule has 0 atom stereocenters. The van der Waals surface area contributed by atoms with Crippen LogP contribution in [0.1, 0.15) is 11.1 Å². The first-order chi connectivity index (χ1) is 26.7. The van der Waals surface area contributed by atoms with E-state index < -0.39 is 0 Å². The van der Waals surface area contributed by atoms with Crippen LogP contribution in [0, 0.1) is 5.41 Å². The molecule has 0 aliphatic carbocycles. The summed E-state index contributed by atoms with van der Waals surface area (Å²) in [6.07, 6.45) is 1.93. The molecule has 10 rings (SSSR count). The number of hydrogen-bond donors (Lipinski definition) is 2. The van der Waals surface area contributed by atoms with Crippen molar-refractivity contribution in [2.75, 3.05) is 0 Å². The van der Waals surface area contributed by atoms with Crippen LogP contribution in [0.2, 0.25) is 0 Å². The van der Waals surface area contributed by atoms with Gasteiger partial charge in [0.1, 0.15) is 0 Å². The summed E-state index contributed by atoms with van der Waals surface area (Å²) in [4.78, 5) is 0. The van der Waals surface area contributed by atoms with Crippen LogP contribution in [0.15, 0.2) is 194 Å². The highest BCUT2D eigenvalue weighted by atomic mass is 15.1. The van der Waals surface area contributed by atoms with Gasteiger partial charge in [0.2, 0.25) is 0 Å². The number of nitrogens with one attached hydrogen (secondary N) is 2. The van der Waals surface area contributed by atoms with Crippen LogP contribution in [0.5, 0.6) is 0 Å². The third-order valence-electron chi connectivity index (χ3n) is 10.7. The molecule has 4 heteroatoms. The maximum Gasteiger partial charge on any atom is 0.0926 e. The summed E-state index contributed by atoms with van der Waals surface area (Å²) in [5.74, 6) is 0. The zero-order valence-electron chi connectivity index (χ0n) is 29.6. The average molecular weight is 693 g/mol. The number of para-hydroxylation sites is 2. The minimum absolute atomic E-state index is 0.464. The molecule has 0 aliphatic heterocycles. The average Bonchev–Trinajstić information content (AvgIpc) is 3.74. The predicted molar refractivity (Wildman–Crippen MR) is 228 cm³/mol. The summed E-state index contributed by atoms with van der Waals surface area (Å²) < 4.78 is 4.76. The van der Waals surface area contributed by atoms with Gasteiger partial charge in [-0.15, -0.1) is 0 Å². The van der Waals surface area contributed by atoms with Gasteiger partial charge in [0, 0.05) is 32.6 Å². The Morgan fingerprint density at radius 2 is 0.981 bits per heavy atom. The van der Waals surface area contributed by atoms with Gasteiger partial charge in [0.15, 0.2) is 0 Å². The smallest absolute Gasteiger partial charge is 0.0926 e. The highest BCUT2D eigenvalue weighted by molar-refractivity contribution is 6.13. The Bertz CT molecular complexity index is 3050. The van der Waals surface area contributed by atoms with Crippen LogP contribution in [-0.4, -0.2) is 14.8 Å². The Morgan fingerprint density at radius 1 is 0.463 bits per heavy atom. The molecule has 4 nitrogen and oxygen atoms in total. The topological polar surface area (TPSA) is 45.7 Å². The van der Waals surface area contributed by atoms with Gasteiger partial charge in [-0.05, 0) is 76.2 Å². The van der Waals surface area contributed by atoms with Crippen molar-refractivity contribution in [2.45, 2.75) is 6.67 Å². The second-order valence-electron chi connectivity index (χ2n) is 13.8. The van der Waals surface area contributed by atoms with E-state index in [0.29, 0.717) is 12.4 Å². The lowest BCUT2D eigenvalue weighted by Gasteiger charge is -2.15. The van der Waals surface area contributed by atoms with Crippen LogP contribution in [0.25, 0.3) is 76.9 Å². The second-order valence-corrected chi connectivity index (χ2v) is 13.8. The normalized spacial score (nSPS) is 12.0. The lowest BCUT2D eigenvalue weighted by molar-refractivity contribution is 0.696. The van der Waals surface area contributed by atoms with Crippen LogP contribution in [0.3, 0.4) is 0 Å². The molecule has 0 radical (unpaired) electrons. The Labute approximate surface area is 313 Å². The number of aromatic nitrogens is 2. The van der Waals surface area contributed by atoms with Crippen molar-refractivity contribution >= 4 is 65.8 Å². The first-order valence-corrected chi connectivity index (χ1v) is 18.4. The van der Waals surface area contributed by atoms with Gasteiger partial charge in [-0.25, -0.2) is 0 Å². The maximum absolute atomic E-state index is 8.88. The quantitative estimate of drug-likeness (QED) is 0.153. The van der Waals surface area contributed by atoms with Crippen molar-refractivity contribution in [3.63, 3.8) is 0 Å². The summed E-state index contributed by atoms with van der Waals surface area (Å²) in [6, 6.07) is 66.5. The van der Waals surface area contributed by atoms with E-state index in [0.717, 1.165) is 27.9 Å². The Morgan fingerprint density at radius 3 is 1.72 bits per heavy atom. The number of allylic oxidation sites excluding steroid dienone is 1. The molecule has 0 amide bonds. The second kappa shape index (κ2) is 13.1. The first-order valence-electron chi connectivity index (χ1n) is 18.4. The predicted octanol–water partition coefficient (Wildman–Crippen LogP) is 12.4. The largest absolute Gasteiger partial charge is 0.367 e. The molecule has 54 heavy (non-hydrogen) atoms. The molecule has 0 saturated heterocycles. The zero-order valence-corrected chi connectivity index (χ0v) is 29.6. The van der Waals surface area contributed by atoms with Crippen molar-refractivity contribution < 1.29 is 0 Å². The van der Waals surface area contributed by atoms with E-state index in [9.17, 15) is 0 Å². The SMILES string of the molecule is N=C(/C=C(\NCn1c2ccccc2c2cc(-c3ccc4c(c3)c3ccccc3n4-c3cccc4ccccc34)ccc21)c1ccccc1)c1ccccc1. The van der Waals surface area contributed by atoms with E-state index in [2.05, 4.69) is 154 Å². The number of rotatable bonds is 8. The van der Waals surface area contributed by atoms with E-state index in [1.165, 1.54) is 60.2 Å². The Balaban J connectivity index is 1.06. The van der Waals surface area contributed by atoms with Crippen molar-refractivity contribution in [1.29, 1.82) is 5.41 Å². The number of hydrogen-bond acceptors (Lipinski definition) is 2. The lowest BCUT2D eigenvalue weighted by Crippen LogP contribution is -2.18. The maximum atomic E-state index is 8.88. The molecule has 0 aliphatic rings. The highest BCUT2D eigenvalue weighted by Crippen LogP contribution is 2.38. The molecule has 256 valence electrons. The molecule has 0 saturated carbocycles. The highest BCUT2D eigenvalue weighted by Gasteiger charge is 2.17. The third kappa shape index (κ3) is 5.35. The van der Waals surface area contributed by atoms with E-state index in [1.807, 2.05) is 54.6 Å². The molecule has 2 heterocycles. The summed E-state index contributed by atoms with van der Waals surface area (Å²) in [7, 11) is 0. The molecule has 8 aromatic carbocycles. The fraction of sp³-hybridized carbons (Fsp3) is 0.0200. The molecule has 2 aromatic heterocycles. The summed E-state index contributed by atoms with van der Waals surface area (Å²) in [5.41, 5.74) is 11.6. The van der Waals surface area contributed by atoms with E-state index in [1.54, 1.807) is 0 Å². The van der Waals surface area contributed by atoms with Crippen molar-refractivity contribution in [1.82, 2.24) is 14.5 Å². The summed E-state index contributed by atoms with van der Waals surface area (Å²) in [5, 5.41) is 20.0. The minimum atomic E-state index is 0.464. The number of nitrogens with zero attached hydrogens (tertiary/aromatic N) is 2. The van der Waals surface area contributed by atoms with Crippen LogP contribution >= 0.6 is 0 Å². The van der Waals surface area contributed by atoms with Gasteiger partial charge >= 0.3 is 0 Å². The standard InChI is InChI=1S/C50H36N4/c51-44(35-15-3-1-4-16-35)32-45(36-17-5-2-6-18-36)52-33-53-46-23-11-9-21-40(46)42-30-37(26-28-47(42)53)38-27-29-50-43(31-38)41-22-10-12-24-49(41)54(50)48-25-13-19-34-14-7-8-20-39(34)48/h1-32,51-52H,33H2/b45-32-,51-44?. The van der Waals surface area contributed by atoms with E-state index in [-0.39, 0.29) is 0 Å². The molecule has 0 spiro atoms. The first kappa shape index (κ1) is 31.6. The minimum Gasteiger partial charge on any atom is -0.367 e. The van der Waals surface area contributed by atoms with Gasteiger partial charge in [-0.2, -0.15) is 0 Å². The van der Waals surface area contributed by atoms with Crippen LogP contribution in [-0.2, 0) is 6.67 Å². The monoisotopic (exact) mass is 692 g/mol. The number of benzene rings is 8. The lowest BCUT2D eigenvalue weighted by atomic mass is 10.0. The molecule has 0 bridgehead atoms. The molecule has 2 N–H and O–H groups in total. The van der Waals surface area contributed by atoms with Gasteiger partial charge in [0.05, 0.1) is 40.1 Å². The molecule has 0 unspecified atom stereocenters. The molecular weight excluding hydrogens is 657 g/mol. The van der Waals surface area contributed by atoms with Crippen molar-refractivity contribution in [3.8, 4) is 16.8 Å². The zero-order chi connectivity index (χ0) is 36.0. The fourth-order valence-corrected chi connectivity index (χ4v) is 8.08. The van der Waals surface area contributed by atoms with Crippen LogP contribution < -0.4 is 5.32 Å². The Kier molecular flexibility index (Phi) is 7.66. The van der Waals surface area contributed by atoms with Gasteiger partial charge in [-0.1, -0.05) is 146 Å². The Hall–Kier alpha value is -7.17. The molecular formula is C50H36N4. The third-order valence-corrected chi connectivity index (χ3v) is 10.7. The van der Waals surface area contributed by atoms with Crippen molar-refractivity contribution in [3.05, 3.63) is 205 Å². The summed E-state index contributed by atoms with van der Waals surface area (Å²) in [6.45, 7) is 0.547. The molecule has 10 aromatic rings. The summed E-state index contributed by atoms with van der Waals surface area (Å²) >= 11 is 0. The van der Waals surface area contributed by atoms with Gasteiger partial charge in [-0.3, -0.25) is 0 Å². The molecule has 0 fully saturated rings. The van der Waals surface area contributed by atoms with Crippen LogP contribution in [0.4, 0.5) is 0 Å². The fourth-order valence-electron chi connectivity index (χ4n) is 8.08. The van der Waals surface area contributed by atoms with Gasteiger partial charge < -0.3 is 19.9 Å². The van der Waals surface area contributed by atoms with Gasteiger partial charge in [0.25, 0.3) is 0 Å².